The number of anilines is 2. The lowest BCUT2D eigenvalue weighted by Crippen LogP contribution is -2.30. The molecule has 50 heavy (non-hydrogen) atoms. The number of fused-ring (bicyclic) bond motifs is 6. The molecule has 2 aliphatic heterocycles. The lowest BCUT2D eigenvalue weighted by molar-refractivity contribution is -0.155. The Labute approximate surface area is 300 Å². The van der Waals surface area contributed by atoms with Crippen LogP contribution in [0.4, 0.5) is 11.9 Å². The highest BCUT2D eigenvalue weighted by Gasteiger charge is 2.35. The predicted octanol–water partition coefficient (Wildman–Crippen LogP) is 10.6. The minimum absolute atomic E-state index is 0. The van der Waals surface area contributed by atoms with E-state index in [2.05, 4.69) is 57.2 Å². The first-order chi connectivity index (χ1) is 24.0. The fourth-order valence-electron chi connectivity index (χ4n) is 6.39. The normalized spacial score (nSPS) is 17.8. The van der Waals surface area contributed by atoms with E-state index in [-0.39, 0.29) is 20.7 Å². The van der Waals surface area contributed by atoms with Gasteiger partial charge in [-0.1, -0.05) is 93.5 Å². The van der Waals surface area contributed by atoms with Crippen LogP contribution in [0, 0.1) is 17.8 Å². The van der Waals surface area contributed by atoms with Gasteiger partial charge in [0.15, 0.2) is 0 Å². The van der Waals surface area contributed by atoms with Gasteiger partial charge in [0.1, 0.15) is 0 Å². The van der Waals surface area contributed by atoms with Crippen molar-refractivity contribution < 1.29 is 21.9 Å². The van der Waals surface area contributed by atoms with Gasteiger partial charge in [-0.3, -0.25) is 18.7 Å². The highest BCUT2D eigenvalue weighted by molar-refractivity contribution is 5.81. The first-order valence-electron chi connectivity index (χ1n) is 18.4. The van der Waals surface area contributed by atoms with Gasteiger partial charge in [-0.2, -0.15) is 0 Å². The third-order valence-electron chi connectivity index (χ3n) is 9.39. The molecule has 0 bridgehead atoms. The number of ether oxygens (including phenoxy) is 2. The Hall–Kier alpha value is -4.60. The van der Waals surface area contributed by atoms with Crippen LogP contribution in [-0.4, -0.2) is 31.0 Å². The standard InChI is InChI=1S/C20H27N3O2.C18H23N3O2.C2H6.2H2/c1-6-13(5)17-14(7-2)18(25-19(24)12(3)4)23-16-11-9-8-10-15(16)21-20(23)22-17;1-5-11(3)16-13(6-2)17(23-12(4)22)21-15-10-8-7-9-14(15)19-18(21)20-16;1-2;;/h8-13,18H,6-7H2,1-5H3,(H,21,22);7-11,17H,5-6H2,1-4H3,(H,19,20);1-2H3;2*1H. The van der Waals surface area contributed by atoms with Crippen LogP contribution in [0.2, 0.25) is 0 Å². The maximum absolute atomic E-state index is 12.4. The van der Waals surface area contributed by atoms with Crippen LogP contribution in [0.3, 0.4) is 0 Å². The number of carbonyl (C=O) groups excluding carboxylic acids is 2. The maximum Gasteiger partial charge on any atom is 0.310 e. The molecule has 0 amide bonds. The second-order valence-corrected chi connectivity index (χ2v) is 12.9. The summed E-state index contributed by atoms with van der Waals surface area (Å²) in [6.07, 6.45) is 2.79. The fourth-order valence-corrected chi connectivity index (χ4v) is 6.39. The molecule has 0 saturated heterocycles. The number of allylic oxidation sites excluding steroid dienone is 2. The van der Waals surface area contributed by atoms with Crippen molar-refractivity contribution in [2.45, 2.75) is 114 Å². The van der Waals surface area contributed by atoms with Crippen molar-refractivity contribution in [1.82, 2.24) is 19.1 Å². The molecule has 0 fully saturated rings. The average Bonchev–Trinajstić information content (AvgIpc) is 3.69. The van der Waals surface area contributed by atoms with Gasteiger partial charge in [-0.15, -0.1) is 0 Å². The van der Waals surface area contributed by atoms with E-state index in [0.717, 1.165) is 82.2 Å². The molecule has 274 valence electrons. The monoisotopic (exact) mass is 688 g/mol. The molecule has 4 aromatic rings. The highest BCUT2D eigenvalue weighted by Crippen LogP contribution is 2.41. The summed E-state index contributed by atoms with van der Waals surface area (Å²) < 4.78 is 15.7. The van der Waals surface area contributed by atoms with Gasteiger partial charge < -0.3 is 20.1 Å². The molecule has 0 radical (unpaired) electrons. The van der Waals surface area contributed by atoms with Gasteiger partial charge in [-0.05, 0) is 61.8 Å². The minimum Gasteiger partial charge on any atom is -0.437 e. The van der Waals surface area contributed by atoms with Crippen LogP contribution in [0.1, 0.15) is 117 Å². The van der Waals surface area contributed by atoms with E-state index in [1.807, 2.05) is 85.4 Å². The first-order valence-corrected chi connectivity index (χ1v) is 18.4. The molecule has 0 aliphatic carbocycles. The van der Waals surface area contributed by atoms with E-state index in [9.17, 15) is 9.59 Å². The summed E-state index contributed by atoms with van der Waals surface area (Å²) >= 11 is 0. The van der Waals surface area contributed by atoms with Crippen LogP contribution < -0.4 is 10.6 Å². The quantitative estimate of drug-likeness (QED) is 0.167. The van der Waals surface area contributed by atoms with Crippen molar-refractivity contribution in [3.8, 4) is 0 Å². The molecule has 2 aliphatic rings. The number of nitrogens with one attached hydrogen (secondary N) is 2. The van der Waals surface area contributed by atoms with Crippen molar-refractivity contribution in [3.63, 3.8) is 0 Å². The van der Waals surface area contributed by atoms with Crippen LogP contribution in [-0.2, 0) is 19.1 Å². The van der Waals surface area contributed by atoms with E-state index in [4.69, 9.17) is 14.5 Å². The molecule has 0 spiro atoms. The summed E-state index contributed by atoms with van der Waals surface area (Å²) in [6.45, 7) is 22.1. The number of hydrogen-bond donors (Lipinski definition) is 2. The van der Waals surface area contributed by atoms with E-state index >= 15 is 0 Å². The number of aromatic nitrogens is 4. The summed E-state index contributed by atoms with van der Waals surface area (Å²) in [5.74, 6) is 1.55. The Balaban J connectivity index is 0.000000332. The van der Waals surface area contributed by atoms with Crippen molar-refractivity contribution in [2.75, 3.05) is 10.6 Å². The molecular formula is C40H60N6O4. The van der Waals surface area contributed by atoms with Crippen LogP contribution in [0.25, 0.3) is 22.1 Å². The van der Waals surface area contributed by atoms with Crippen molar-refractivity contribution in [1.29, 1.82) is 0 Å². The maximum atomic E-state index is 12.4. The summed E-state index contributed by atoms with van der Waals surface area (Å²) in [5.41, 5.74) is 8.24. The Morgan fingerprint density at radius 1 is 0.720 bits per heavy atom. The zero-order valence-corrected chi connectivity index (χ0v) is 31.8. The first kappa shape index (κ1) is 38.2. The SMILES string of the molecule is CC.CCC1=C(C(C)CC)Nc2nc3ccccc3n2C1OC(=O)C(C)C.CCC1=C(C(C)CC)Nc2nc3ccccc3n2C1OC(C)=O.[HH].[HH]. The van der Waals surface area contributed by atoms with Crippen LogP contribution >= 0.6 is 0 Å². The van der Waals surface area contributed by atoms with Gasteiger partial charge in [0, 0.05) is 32.3 Å². The van der Waals surface area contributed by atoms with E-state index in [0.29, 0.717) is 11.8 Å². The molecule has 10 nitrogen and oxygen atoms in total. The third-order valence-corrected chi connectivity index (χ3v) is 9.39. The molecule has 6 rings (SSSR count). The second-order valence-electron chi connectivity index (χ2n) is 12.9. The largest absolute Gasteiger partial charge is 0.437 e. The zero-order chi connectivity index (χ0) is 36.7. The summed E-state index contributed by atoms with van der Waals surface area (Å²) in [5, 5.41) is 6.99. The number of benzene rings is 2. The molecule has 0 saturated carbocycles. The Morgan fingerprint density at radius 3 is 1.48 bits per heavy atom. The van der Waals surface area contributed by atoms with Gasteiger partial charge in [-0.25, -0.2) is 9.97 Å². The number of esters is 2. The van der Waals surface area contributed by atoms with Gasteiger partial charge in [0.05, 0.1) is 28.0 Å². The van der Waals surface area contributed by atoms with Crippen molar-refractivity contribution >= 4 is 45.9 Å². The summed E-state index contributed by atoms with van der Waals surface area (Å²) in [4.78, 5) is 33.5. The zero-order valence-electron chi connectivity index (χ0n) is 31.8. The Kier molecular flexibility index (Phi) is 12.9. The third kappa shape index (κ3) is 7.59. The fraction of sp³-hybridized carbons (Fsp3) is 0.500. The molecule has 4 atom stereocenters. The molecule has 4 unspecified atom stereocenters. The van der Waals surface area contributed by atoms with Gasteiger partial charge in [0.25, 0.3) is 0 Å². The van der Waals surface area contributed by atoms with Gasteiger partial charge >= 0.3 is 11.9 Å². The number of carbonyl (C=O) groups is 2. The molecule has 2 N–H and O–H groups in total. The smallest absolute Gasteiger partial charge is 0.310 e. The lowest BCUT2D eigenvalue weighted by atomic mass is 9.96. The average molecular weight is 689 g/mol. The minimum atomic E-state index is -0.437. The predicted molar refractivity (Wildman–Crippen MR) is 207 cm³/mol. The summed E-state index contributed by atoms with van der Waals surface area (Å²) in [7, 11) is 0. The Bertz CT molecular complexity index is 1880. The lowest BCUT2D eigenvalue weighted by Gasteiger charge is -2.33. The number of imidazole rings is 2. The van der Waals surface area contributed by atoms with Crippen LogP contribution in [0.5, 0.6) is 0 Å². The van der Waals surface area contributed by atoms with E-state index < -0.39 is 12.5 Å². The van der Waals surface area contributed by atoms with Gasteiger partial charge in [0.2, 0.25) is 24.4 Å². The summed E-state index contributed by atoms with van der Waals surface area (Å²) in [6, 6.07) is 15.9. The number of rotatable bonds is 9. The topological polar surface area (TPSA) is 112 Å². The van der Waals surface area contributed by atoms with Crippen molar-refractivity contribution in [3.05, 3.63) is 71.1 Å². The Morgan fingerprint density at radius 2 is 1.12 bits per heavy atom. The molecule has 4 heterocycles. The van der Waals surface area contributed by atoms with Crippen LogP contribution in [0.15, 0.2) is 71.1 Å². The number of hydrogen-bond acceptors (Lipinski definition) is 8. The number of para-hydroxylation sites is 4. The molecule has 2 aromatic carbocycles. The molecule has 2 aromatic heterocycles. The highest BCUT2D eigenvalue weighted by atomic mass is 16.6. The molecular weight excluding hydrogens is 628 g/mol. The van der Waals surface area contributed by atoms with Crippen molar-refractivity contribution in [2.24, 2.45) is 17.8 Å². The molecule has 10 heteroatoms. The van der Waals surface area contributed by atoms with E-state index in [1.54, 1.807) is 0 Å². The number of nitrogens with zero attached hydrogens (tertiary/aromatic N) is 4. The second kappa shape index (κ2) is 16.9. The van der Waals surface area contributed by atoms with E-state index in [1.165, 1.54) is 6.92 Å².